The molecular formula is C32H38O14. The summed E-state index contributed by atoms with van der Waals surface area (Å²) in [7, 11) is 1.48. The van der Waals surface area contributed by atoms with Crippen molar-refractivity contribution >= 4 is 11.0 Å². The fourth-order valence-corrected chi connectivity index (χ4v) is 5.32. The normalized spacial score (nSPS) is 29.8. The van der Waals surface area contributed by atoms with E-state index in [9.17, 15) is 40.5 Å². The van der Waals surface area contributed by atoms with Gasteiger partial charge in [0.05, 0.1) is 19.8 Å². The van der Waals surface area contributed by atoms with E-state index in [4.69, 9.17) is 28.1 Å². The van der Waals surface area contributed by atoms with Crippen molar-refractivity contribution in [2.75, 3.05) is 13.7 Å². The lowest BCUT2D eigenvalue weighted by atomic mass is 9.99. The Bertz CT molecular complexity index is 1630. The minimum absolute atomic E-state index is 0.0914. The summed E-state index contributed by atoms with van der Waals surface area (Å²) < 4.78 is 34.5. The minimum Gasteiger partial charge on any atom is -0.507 e. The first-order chi connectivity index (χ1) is 21.8. The van der Waals surface area contributed by atoms with Crippen LogP contribution in [0.5, 0.6) is 23.0 Å². The number of ether oxygens (including phenoxy) is 5. The Balaban J connectivity index is 1.63. The van der Waals surface area contributed by atoms with Gasteiger partial charge in [-0.25, -0.2) is 0 Å². The number of phenols is 2. The standard InChI is InChI=1S/C32H38O14/c1-13(2)5-10-17-18(33)11-19(34)21-24(38)29(27(44-28(17)21)15-6-8-16(41-4)9-7-15)45-32-30(23(37)20(35)12-42-32)46-31-26(40)25(39)22(36)14(3)43-31/h5-9,11,14,20,22-23,25-26,30-37,39-40H,10,12H2,1-4H3/t14-,20+,22-,23-,25+,26+,30+,31-,32-/m0/s1. The summed E-state index contributed by atoms with van der Waals surface area (Å²) >= 11 is 0. The van der Waals surface area contributed by atoms with E-state index in [0.717, 1.165) is 11.6 Å². The van der Waals surface area contributed by atoms with Crippen molar-refractivity contribution in [3.8, 4) is 34.3 Å². The van der Waals surface area contributed by atoms with Crippen molar-refractivity contribution in [2.45, 2.75) is 82.5 Å². The van der Waals surface area contributed by atoms with E-state index in [-0.39, 0.29) is 34.5 Å². The molecule has 3 heterocycles. The van der Waals surface area contributed by atoms with Crippen molar-refractivity contribution in [3.05, 3.63) is 57.8 Å². The molecule has 2 saturated heterocycles. The fourth-order valence-electron chi connectivity index (χ4n) is 5.32. The summed E-state index contributed by atoms with van der Waals surface area (Å²) in [6, 6.07) is 7.42. The lowest BCUT2D eigenvalue weighted by Crippen LogP contribution is -2.62. The number of allylic oxidation sites excluding steroid dienone is 2. The highest BCUT2D eigenvalue weighted by Gasteiger charge is 2.48. The minimum atomic E-state index is -1.76. The second-order valence-corrected chi connectivity index (χ2v) is 11.6. The van der Waals surface area contributed by atoms with Gasteiger partial charge in [-0.3, -0.25) is 4.79 Å². The quantitative estimate of drug-likeness (QED) is 0.170. The molecule has 14 heteroatoms. The van der Waals surface area contributed by atoms with Crippen LogP contribution in [-0.2, 0) is 20.6 Å². The number of benzene rings is 2. The molecule has 9 atom stereocenters. The van der Waals surface area contributed by atoms with E-state index in [1.807, 2.05) is 19.9 Å². The van der Waals surface area contributed by atoms with Crippen LogP contribution in [0.4, 0.5) is 0 Å². The molecule has 0 saturated carbocycles. The zero-order chi connectivity index (χ0) is 33.4. The van der Waals surface area contributed by atoms with Crippen LogP contribution < -0.4 is 14.9 Å². The fraction of sp³-hybridized carbons (Fsp3) is 0.469. The highest BCUT2D eigenvalue weighted by molar-refractivity contribution is 5.91. The van der Waals surface area contributed by atoms with Crippen molar-refractivity contribution in [1.29, 1.82) is 0 Å². The molecule has 46 heavy (non-hydrogen) atoms. The van der Waals surface area contributed by atoms with E-state index < -0.39 is 78.8 Å². The Labute approximate surface area is 263 Å². The molecule has 0 bridgehead atoms. The van der Waals surface area contributed by atoms with Crippen LogP contribution in [0.15, 0.2) is 51.2 Å². The highest BCUT2D eigenvalue weighted by atomic mass is 16.8. The molecule has 2 fully saturated rings. The van der Waals surface area contributed by atoms with Gasteiger partial charge in [0.2, 0.25) is 17.5 Å². The summed E-state index contributed by atoms with van der Waals surface area (Å²) in [4.78, 5) is 14.2. The molecule has 2 aromatic carbocycles. The van der Waals surface area contributed by atoms with Crippen molar-refractivity contribution < 1.29 is 63.8 Å². The maximum atomic E-state index is 14.2. The molecule has 2 aliphatic rings. The van der Waals surface area contributed by atoms with E-state index in [0.29, 0.717) is 11.3 Å². The second kappa shape index (κ2) is 13.6. The van der Waals surface area contributed by atoms with E-state index in [1.165, 1.54) is 14.0 Å². The zero-order valence-corrected chi connectivity index (χ0v) is 25.6. The molecule has 0 amide bonds. The number of aromatic hydroxyl groups is 2. The number of aliphatic hydroxyl groups excluding tert-OH is 5. The van der Waals surface area contributed by atoms with Crippen LogP contribution in [0.1, 0.15) is 26.3 Å². The van der Waals surface area contributed by atoms with Crippen LogP contribution in [0.2, 0.25) is 0 Å². The zero-order valence-electron chi connectivity index (χ0n) is 25.6. The third-order valence-electron chi connectivity index (χ3n) is 8.01. The molecule has 7 N–H and O–H groups in total. The third kappa shape index (κ3) is 6.43. The molecule has 0 unspecified atom stereocenters. The van der Waals surface area contributed by atoms with Crippen LogP contribution in [0.3, 0.4) is 0 Å². The Hall–Kier alpha value is -3.73. The molecule has 5 rings (SSSR count). The van der Waals surface area contributed by atoms with Crippen LogP contribution >= 0.6 is 0 Å². The van der Waals surface area contributed by atoms with Crippen molar-refractivity contribution in [2.24, 2.45) is 0 Å². The predicted molar refractivity (Wildman–Crippen MR) is 161 cm³/mol. The largest absolute Gasteiger partial charge is 0.507 e. The van der Waals surface area contributed by atoms with Gasteiger partial charge >= 0.3 is 0 Å². The molecule has 0 radical (unpaired) electrons. The molecule has 14 nitrogen and oxygen atoms in total. The summed E-state index contributed by atoms with van der Waals surface area (Å²) in [6.07, 6.45) is -11.9. The summed E-state index contributed by atoms with van der Waals surface area (Å²) in [5.74, 6) is -0.978. The number of hydrogen-bond donors (Lipinski definition) is 7. The van der Waals surface area contributed by atoms with Gasteiger partial charge in [0, 0.05) is 17.2 Å². The van der Waals surface area contributed by atoms with Gasteiger partial charge in [-0.05, 0) is 51.5 Å². The van der Waals surface area contributed by atoms with Crippen molar-refractivity contribution in [3.63, 3.8) is 0 Å². The Morgan fingerprint density at radius 1 is 0.957 bits per heavy atom. The average Bonchev–Trinajstić information content (AvgIpc) is 3.02. The topological polar surface area (TPSA) is 218 Å². The van der Waals surface area contributed by atoms with Gasteiger partial charge in [-0.15, -0.1) is 0 Å². The van der Waals surface area contributed by atoms with E-state index >= 15 is 0 Å². The monoisotopic (exact) mass is 646 g/mol. The lowest BCUT2D eigenvalue weighted by Gasteiger charge is -2.43. The van der Waals surface area contributed by atoms with Crippen LogP contribution in [0, 0.1) is 0 Å². The van der Waals surface area contributed by atoms with Gasteiger partial charge in [-0.2, -0.15) is 0 Å². The molecule has 0 aliphatic carbocycles. The Kier molecular flexibility index (Phi) is 9.91. The maximum Gasteiger partial charge on any atom is 0.239 e. The number of hydrogen-bond acceptors (Lipinski definition) is 14. The molecule has 2 aliphatic heterocycles. The SMILES string of the molecule is COc1ccc(-c2oc3c(CC=C(C)C)c(O)cc(O)c3c(=O)c2O[C@@H]2OC[C@@H](O)[C@H](O)[C@H]2O[C@@H]2O[C@@H](C)[C@H](O)[C@@H](O)[C@H]2O)cc1. The Morgan fingerprint density at radius 3 is 2.30 bits per heavy atom. The first kappa shape index (κ1) is 33.6. The summed E-state index contributed by atoms with van der Waals surface area (Å²) in [5, 5.41) is 73.4. The number of methoxy groups -OCH3 is 1. The van der Waals surface area contributed by atoms with Crippen LogP contribution in [0.25, 0.3) is 22.3 Å². The summed E-state index contributed by atoms with van der Waals surface area (Å²) in [6.45, 7) is 4.71. The highest BCUT2D eigenvalue weighted by Crippen LogP contribution is 2.40. The summed E-state index contributed by atoms with van der Waals surface area (Å²) in [5.41, 5.74) is 0.553. The predicted octanol–water partition coefficient (Wildman–Crippen LogP) is 1.06. The maximum absolute atomic E-state index is 14.2. The van der Waals surface area contributed by atoms with E-state index in [2.05, 4.69) is 0 Å². The van der Waals surface area contributed by atoms with Gasteiger partial charge in [-0.1, -0.05) is 11.6 Å². The number of phenolic OH excluding ortho intramolecular Hbond substituents is 2. The Morgan fingerprint density at radius 2 is 1.65 bits per heavy atom. The second-order valence-electron chi connectivity index (χ2n) is 11.6. The first-order valence-corrected chi connectivity index (χ1v) is 14.6. The van der Waals surface area contributed by atoms with Crippen molar-refractivity contribution in [1.82, 2.24) is 0 Å². The molecule has 0 spiro atoms. The number of rotatable bonds is 8. The van der Waals surface area contributed by atoms with Gasteiger partial charge in [0.15, 0.2) is 18.2 Å². The van der Waals surface area contributed by atoms with Gasteiger partial charge in [0.25, 0.3) is 0 Å². The smallest absolute Gasteiger partial charge is 0.239 e. The molecular weight excluding hydrogens is 608 g/mol. The molecule has 1 aromatic heterocycles. The molecule has 3 aromatic rings. The first-order valence-electron chi connectivity index (χ1n) is 14.6. The number of aliphatic hydroxyl groups is 5. The van der Waals surface area contributed by atoms with E-state index in [1.54, 1.807) is 24.3 Å². The molecule has 250 valence electrons. The van der Waals surface area contributed by atoms with Gasteiger partial charge < -0.3 is 63.8 Å². The van der Waals surface area contributed by atoms with Crippen LogP contribution in [-0.4, -0.2) is 105 Å². The lowest BCUT2D eigenvalue weighted by molar-refractivity contribution is -0.344. The van der Waals surface area contributed by atoms with Gasteiger partial charge in [0.1, 0.15) is 58.7 Å². The third-order valence-corrected chi connectivity index (χ3v) is 8.01. The average molecular weight is 647 g/mol. The number of fused-ring (bicyclic) bond motifs is 1.